The fraction of sp³-hybridized carbons (Fsp3) is 0.654. The van der Waals surface area contributed by atoms with Crippen LogP contribution in [0.25, 0.3) is 0 Å². The van der Waals surface area contributed by atoms with Crippen molar-refractivity contribution < 1.29 is 75.2 Å². The van der Waals surface area contributed by atoms with Crippen LogP contribution in [0.2, 0.25) is 51.4 Å². The van der Waals surface area contributed by atoms with Gasteiger partial charge in [-0.15, -0.1) is 0 Å². The van der Waals surface area contributed by atoms with Gasteiger partial charge in [0.25, 0.3) is 0 Å². The molecule has 19 nitrogen and oxygen atoms in total. The monoisotopic (exact) mass is 1600 g/mol. The molecule has 0 bridgehead atoms. The van der Waals surface area contributed by atoms with E-state index in [0.717, 1.165) is 77.4 Å². The van der Waals surface area contributed by atoms with Crippen molar-refractivity contribution >= 4 is 72.0 Å². The van der Waals surface area contributed by atoms with Crippen LogP contribution < -0.4 is 5.73 Å². The standard InChI is InChI=1S/C28H45NO5SSi.C24H39NO5SSi.C18H23NO3.C4H7Br.C4H8O.C2H6O.CO/c1-8-15-34-26(30)25(18-22-9-10-22)23-11-13-24(14-12-23)28(19-33-20-28)29(35(31)27(2,3)4)21-32-16-17-36(5,6)7;1-8-13-30-22(26)16-20-9-11-21(12-10-20)24(17-29-18-24)25(31(27)23(2,3)4)19-28-14-15-32(5,6)7;1-2-9-22-17(20)16(10-13-3-4-13)14-5-7-15(8-6-14)18(19)11-21-12-18;5-3-4-1-2-4;1-2-4-5-3-1;1-2-3;1-2/h8,11-14,22,25H,1,9-10,15-21H2,2-7H3;8-12H,1,13-19H2,2-7H3;2,5-8,13,16H,1,3-4,9-12,19H2;4H,1-3H2;1-4H2;3H,2H2,1H3;. The van der Waals surface area contributed by atoms with Gasteiger partial charge in [-0.05, 0) is 150 Å². The van der Waals surface area contributed by atoms with E-state index in [4.69, 9.17) is 58.1 Å². The second kappa shape index (κ2) is 45.9. The first-order chi connectivity index (χ1) is 49.7. The maximum absolute atomic E-state index is 13.7. The van der Waals surface area contributed by atoms with Gasteiger partial charge in [-0.1, -0.05) is 192 Å². The molecule has 7 aliphatic rings. The number of halogens is 1. The number of carbonyl (C=O) groups excluding carboxylic acids is 3. The van der Waals surface area contributed by atoms with Gasteiger partial charge in [0.05, 0.1) is 72.9 Å². The average Bonchev–Trinajstić information content (AvgIpc) is 1.65. The Morgan fingerprint density at radius 2 is 0.943 bits per heavy atom. The molecule has 24 heteroatoms. The third-order valence-electron chi connectivity index (χ3n) is 18.4. The topological polar surface area (TPSA) is 241 Å². The van der Waals surface area contributed by atoms with Gasteiger partial charge in [0.15, 0.2) is 0 Å². The molecule has 590 valence electrons. The summed E-state index contributed by atoms with van der Waals surface area (Å²) in [6.07, 6.45) is 16.9. The Bertz CT molecular complexity index is 3130. The molecule has 3 aliphatic carbocycles. The quantitative estimate of drug-likeness (QED) is 0.00650. The van der Waals surface area contributed by atoms with E-state index >= 15 is 0 Å². The molecule has 4 atom stereocenters. The molecule has 105 heavy (non-hydrogen) atoms. The summed E-state index contributed by atoms with van der Waals surface area (Å²) in [5.74, 6) is 1.20. The summed E-state index contributed by atoms with van der Waals surface area (Å²) in [5, 5.41) is 8.80. The van der Waals surface area contributed by atoms with Crippen molar-refractivity contribution in [2.24, 2.45) is 23.5 Å². The zero-order chi connectivity index (χ0) is 78.1. The van der Waals surface area contributed by atoms with Crippen LogP contribution >= 0.6 is 15.9 Å². The number of hydrogen-bond acceptors (Lipinski definition) is 16. The molecule has 10 rings (SSSR count). The predicted molar refractivity (Wildman–Crippen MR) is 429 cm³/mol. The van der Waals surface area contributed by atoms with Crippen molar-refractivity contribution in [3.8, 4) is 0 Å². The number of carbonyl (C=O) groups is 3. The number of aliphatic hydroxyl groups excluding tert-OH is 1. The SMILES string of the molecule is BrCC1CC1.C1CCOC1.C=CCOC(=O)C(CC1CC1)c1ccc(C2(N(COCC[Si](C)(C)C)S(=O)C(C)(C)C)COC2)cc1.C=CCOC(=O)C(CC1CC1)c1ccc(C2(N)COC2)cc1.C=CCOC(=O)Cc1ccc(C2(N(COCC[Si](C)(C)C)S(=O)C(C)(C)C)COC2)cc1.CCO.[C-]#[O+]. The van der Waals surface area contributed by atoms with Crippen molar-refractivity contribution in [2.75, 3.05) is 111 Å². The van der Waals surface area contributed by atoms with Gasteiger partial charge in [-0.3, -0.25) is 14.4 Å². The molecule has 0 amide bonds. The molecule has 0 radical (unpaired) electrons. The molecule has 3 aromatic rings. The van der Waals surface area contributed by atoms with E-state index in [0.29, 0.717) is 64.7 Å². The second-order valence-corrected chi connectivity index (χ2v) is 48.7. The number of rotatable bonds is 34. The molecule has 4 saturated heterocycles. The number of ether oxygens (including phenoxy) is 9. The molecule has 0 spiro atoms. The number of benzene rings is 3. The van der Waals surface area contributed by atoms with Gasteiger partial charge < -0.3 is 53.5 Å². The van der Waals surface area contributed by atoms with Crippen LogP contribution in [-0.2, 0) is 107 Å². The molecule has 4 unspecified atom stereocenters. The van der Waals surface area contributed by atoms with Crippen molar-refractivity contribution in [1.29, 1.82) is 0 Å². The van der Waals surface area contributed by atoms with Gasteiger partial charge in [0.1, 0.15) is 66.3 Å². The Balaban J connectivity index is 0.000000307. The van der Waals surface area contributed by atoms with Gasteiger partial charge in [-0.2, -0.15) is 8.61 Å². The van der Waals surface area contributed by atoms with Crippen molar-refractivity contribution in [3.63, 3.8) is 0 Å². The fourth-order valence-electron chi connectivity index (χ4n) is 11.1. The molecule has 3 saturated carbocycles. The number of alkyl halides is 1. The van der Waals surface area contributed by atoms with E-state index in [1.54, 1.807) is 25.2 Å². The molecule has 0 aromatic heterocycles. The Morgan fingerprint density at radius 1 is 0.600 bits per heavy atom. The van der Waals surface area contributed by atoms with E-state index in [-0.39, 0.29) is 81.6 Å². The summed E-state index contributed by atoms with van der Waals surface area (Å²) in [6, 6.07) is 26.2. The number of hydrogen-bond donors (Lipinski definition) is 2. The minimum absolute atomic E-state index is 0.158. The number of aliphatic hydroxyl groups is 1. The van der Waals surface area contributed by atoms with Gasteiger partial charge >= 0.3 is 29.2 Å². The molecule has 4 heterocycles. The predicted octanol–water partition coefficient (Wildman–Crippen LogP) is 14.9. The summed E-state index contributed by atoms with van der Waals surface area (Å²) < 4.78 is 87.2. The first-order valence-electron chi connectivity index (χ1n) is 37.4. The van der Waals surface area contributed by atoms with Crippen LogP contribution in [0.3, 0.4) is 0 Å². The normalized spacial score (nSPS) is 18.6. The minimum atomic E-state index is -1.29. The summed E-state index contributed by atoms with van der Waals surface area (Å²) >= 11 is 3.38. The fourth-order valence-corrected chi connectivity index (χ4v) is 16.0. The first kappa shape index (κ1) is 93.2. The summed E-state index contributed by atoms with van der Waals surface area (Å²) in [6.45, 7) is 50.6. The van der Waals surface area contributed by atoms with E-state index in [1.807, 2.05) is 111 Å². The van der Waals surface area contributed by atoms with Gasteiger partial charge in [-0.25, -0.2) is 8.42 Å². The molecule has 3 N–H and O–H groups in total. The molecular weight excluding hydrogens is 1470 g/mol. The molecule has 4 aliphatic heterocycles. The summed E-state index contributed by atoms with van der Waals surface area (Å²) in [4.78, 5) is 37.0. The van der Waals surface area contributed by atoms with Crippen molar-refractivity contribution in [2.45, 2.75) is 208 Å². The van der Waals surface area contributed by atoms with E-state index < -0.39 is 58.7 Å². The maximum atomic E-state index is 13.7. The molecular formula is C81H128BrN3O16S2Si2. The van der Waals surface area contributed by atoms with Crippen LogP contribution in [0, 0.1) is 24.4 Å². The van der Waals surface area contributed by atoms with E-state index in [1.165, 1.54) is 56.7 Å². The number of nitrogens with zero attached hydrogens (tertiary/aromatic N) is 2. The third kappa shape index (κ3) is 32.4. The van der Waals surface area contributed by atoms with Crippen LogP contribution in [0.5, 0.6) is 0 Å². The van der Waals surface area contributed by atoms with E-state index in [2.05, 4.69) is 93.7 Å². The average molecular weight is 1600 g/mol. The van der Waals surface area contributed by atoms with Gasteiger partial charge in [0.2, 0.25) is 0 Å². The Labute approximate surface area is 645 Å². The zero-order valence-corrected chi connectivity index (χ0v) is 70.8. The number of esters is 3. The van der Waals surface area contributed by atoms with Crippen LogP contribution in [0.4, 0.5) is 0 Å². The van der Waals surface area contributed by atoms with Crippen molar-refractivity contribution in [1.82, 2.24) is 8.61 Å². The Kier molecular flexibility index (Phi) is 40.7. The molecule has 7 fully saturated rings. The van der Waals surface area contributed by atoms with E-state index in [9.17, 15) is 22.8 Å². The van der Waals surface area contributed by atoms with Gasteiger partial charge in [0, 0.05) is 54.5 Å². The summed E-state index contributed by atoms with van der Waals surface area (Å²) in [7, 11) is -5.01. The second-order valence-electron chi connectivity index (χ2n) is 32.5. The Hall–Kier alpha value is -4.16. The third-order valence-corrected chi connectivity index (χ3v) is 26.5. The Morgan fingerprint density at radius 3 is 1.21 bits per heavy atom. The van der Waals surface area contributed by atoms with Crippen LogP contribution in [-0.4, -0.2) is 177 Å². The molecule has 3 aromatic carbocycles. The van der Waals surface area contributed by atoms with Crippen LogP contribution in [0.1, 0.15) is 158 Å². The zero-order valence-electron chi connectivity index (χ0n) is 65.6. The summed E-state index contributed by atoms with van der Waals surface area (Å²) in [5.41, 5.74) is 10.8. The first-order valence-corrected chi connectivity index (χ1v) is 48.1. The number of nitrogens with two attached hydrogens (primary N) is 1. The van der Waals surface area contributed by atoms with Crippen LogP contribution in [0.15, 0.2) is 111 Å². The van der Waals surface area contributed by atoms with Crippen molar-refractivity contribution in [3.05, 3.63) is 151 Å².